The summed E-state index contributed by atoms with van der Waals surface area (Å²) in [5.74, 6) is -4.95. The quantitative estimate of drug-likeness (QED) is 0.792. The van der Waals surface area contributed by atoms with Gasteiger partial charge >= 0.3 is 0 Å². The Morgan fingerprint density at radius 3 is 2.32 bits per heavy atom. The Labute approximate surface area is 109 Å². The van der Waals surface area contributed by atoms with Gasteiger partial charge in [0.15, 0.2) is 17.5 Å². The van der Waals surface area contributed by atoms with Gasteiger partial charge in [-0.2, -0.15) is 0 Å². The number of carbonyl (C=O) groups is 1. The normalized spacial score (nSPS) is 23.5. The summed E-state index contributed by atoms with van der Waals surface area (Å²) in [4.78, 5) is 13.6. The van der Waals surface area contributed by atoms with Gasteiger partial charge < -0.3 is 10.2 Å². The number of amides is 1. The molecule has 0 radical (unpaired) electrons. The summed E-state index contributed by atoms with van der Waals surface area (Å²) in [5.41, 5.74) is -0.430. The second kappa shape index (κ2) is 5.21. The molecule has 0 aromatic heterocycles. The minimum atomic E-state index is -1.61. The van der Waals surface area contributed by atoms with Crippen LogP contribution in [0.2, 0.25) is 0 Å². The molecule has 0 aliphatic carbocycles. The average Bonchev–Trinajstić information content (AvgIpc) is 2.34. The van der Waals surface area contributed by atoms with Crippen LogP contribution in [0, 0.1) is 17.5 Å². The summed E-state index contributed by atoms with van der Waals surface area (Å²) < 4.78 is 39.6. The Kier molecular flexibility index (Phi) is 3.80. The van der Waals surface area contributed by atoms with E-state index in [2.05, 4.69) is 5.32 Å². The summed E-state index contributed by atoms with van der Waals surface area (Å²) in [5, 5.41) is 3.23. The van der Waals surface area contributed by atoms with Crippen molar-refractivity contribution in [3.05, 3.63) is 35.1 Å². The van der Waals surface area contributed by atoms with Crippen molar-refractivity contribution in [2.45, 2.75) is 25.9 Å². The van der Waals surface area contributed by atoms with Crippen molar-refractivity contribution in [3.63, 3.8) is 0 Å². The van der Waals surface area contributed by atoms with Crippen molar-refractivity contribution in [2.24, 2.45) is 0 Å². The lowest BCUT2D eigenvalue weighted by molar-refractivity contribution is 0.0667. The van der Waals surface area contributed by atoms with Crippen molar-refractivity contribution in [1.82, 2.24) is 10.2 Å². The Bertz CT molecular complexity index is 497. The predicted octanol–water partition coefficient (Wildman–Crippen LogP) is 1.93. The molecule has 1 heterocycles. The van der Waals surface area contributed by atoms with Gasteiger partial charge in [0.05, 0.1) is 5.56 Å². The zero-order valence-corrected chi connectivity index (χ0v) is 10.7. The summed E-state index contributed by atoms with van der Waals surface area (Å²) in [6.45, 7) is 4.61. The molecular formula is C13H15F3N2O. The molecule has 1 N–H and O–H groups in total. The molecule has 1 aromatic carbocycles. The Balaban J connectivity index is 2.27. The second-order valence-electron chi connectivity index (χ2n) is 4.90. The van der Waals surface area contributed by atoms with Gasteiger partial charge in [0.25, 0.3) is 5.91 Å². The molecule has 0 saturated carbocycles. The fraction of sp³-hybridized carbons (Fsp3) is 0.462. The molecule has 1 aromatic rings. The molecule has 0 unspecified atom stereocenters. The summed E-state index contributed by atoms with van der Waals surface area (Å²) >= 11 is 0. The van der Waals surface area contributed by atoms with Gasteiger partial charge in [0, 0.05) is 25.2 Å². The third-order valence-corrected chi connectivity index (χ3v) is 3.11. The molecule has 3 nitrogen and oxygen atoms in total. The number of rotatable bonds is 1. The average molecular weight is 272 g/mol. The molecule has 2 atom stereocenters. The van der Waals surface area contributed by atoms with E-state index in [0.717, 1.165) is 12.1 Å². The lowest BCUT2D eigenvalue weighted by Gasteiger charge is -2.36. The smallest absolute Gasteiger partial charge is 0.257 e. The summed E-state index contributed by atoms with van der Waals surface area (Å²) in [6, 6.07) is 1.89. The van der Waals surface area contributed by atoms with E-state index in [0.29, 0.717) is 13.1 Å². The number of hydrogen-bond acceptors (Lipinski definition) is 2. The fourth-order valence-corrected chi connectivity index (χ4v) is 2.35. The highest BCUT2D eigenvalue weighted by Gasteiger charge is 2.28. The Morgan fingerprint density at radius 1 is 1.16 bits per heavy atom. The maximum atomic E-state index is 13.6. The highest BCUT2D eigenvalue weighted by atomic mass is 19.2. The SMILES string of the molecule is C[C@@H]1CN(C(=O)c2ccc(F)c(F)c2F)C[C@H](C)N1. The molecule has 2 rings (SSSR count). The standard InChI is InChI=1S/C13H15F3N2O/c1-7-5-18(6-8(2)17-7)13(19)9-3-4-10(14)12(16)11(9)15/h3-4,7-8,17H,5-6H2,1-2H3/t7-,8+. The van der Waals surface area contributed by atoms with E-state index < -0.39 is 28.9 Å². The Hall–Kier alpha value is -1.56. The first-order valence-electron chi connectivity index (χ1n) is 6.09. The van der Waals surface area contributed by atoms with Crippen molar-refractivity contribution >= 4 is 5.91 Å². The second-order valence-corrected chi connectivity index (χ2v) is 4.90. The monoisotopic (exact) mass is 272 g/mol. The first-order chi connectivity index (χ1) is 8.90. The molecule has 1 amide bonds. The van der Waals surface area contributed by atoms with Crippen molar-refractivity contribution in [2.75, 3.05) is 13.1 Å². The third kappa shape index (κ3) is 2.73. The molecule has 1 aliphatic rings. The molecule has 0 spiro atoms. The van der Waals surface area contributed by atoms with Gasteiger partial charge in [-0.1, -0.05) is 0 Å². The summed E-state index contributed by atoms with van der Waals surface area (Å²) in [7, 11) is 0. The van der Waals surface area contributed by atoms with Gasteiger partial charge in [0.1, 0.15) is 0 Å². The van der Waals surface area contributed by atoms with Crippen LogP contribution in [0.3, 0.4) is 0 Å². The van der Waals surface area contributed by atoms with Gasteiger partial charge in [-0.15, -0.1) is 0 Å². The maximum Gasteiger partial charge on any atom is 0.257 e. The number of benzene rings is 1. The van der Waals surface area contributed by atoms with E-state index in [1.165, 1.54) is 4.90 Å². The van der Waals surface area contributed by atoms with E-state index >= 15 is 0 Å². The van der Waals surface area contributed by atoms with Crippen LogP contribution in [0.15, 0.2) is 12.1 Å². The highest BCUT2D eigenvalue weighted by molar-refractivity contribution is 5.94. The van der Waals surface area contributed by atoms with Crippen LogP contribution in [-0.2, 0) is 0 Å². The lowest BCUT2D eigenvalue weighted by Crippen LogP contribution is -2.56. The molecule has 1 aliphatic heterocycles. The van der Waals surface area contributed by atoms with Crippen LogP contribution < -0.4 is 5.32 Å². The Morgan fingerprint density at radius 2 is 1.74 bits per heavy atom. The van der Waals surface area contributed by atoms with E-state index in [-0.39, 0.29) is 12.1 Å². The first-order valence-corrected chi connectivity index (χ1v) is 6.09. The zero-order valence-electron chi connectivity index (χ0n) is 10.7. The van der Waals surface area contributed by atoms with Crippen molar-refractivity contribution < 1.29 is 18.0 Å². The van der Waals surface area contributed by atoms with Crippen LogP contribution in [-0.4, -0.2) is 36.0 Å². The molecule has 104 valence electrons. The van der Waals surface area contributed by atoms with E-state index in [1.54, 1.807) is 0 Å². The number of halogens is 3. The first kappa shape index (κ1) is 13.9. The van der Waals surface area contributed by atoms with Crippen molar-refractivity contribution in [1.29, 1.82) is 0 Å². The highest BCUT2D eigenvalue weighted by Crippen LogP contribution is 2.18. The molecule has 1 saturated heterocycles. The largest absolute Gasteiger partial charge is 0.335 e. The predicted molar refractivity (Wildman–Crippen MR) is 64.3 cm³/mol. The van der Waals surface area contributed by atoms with Gasteiger partial charge in [0.2, 0.25) is 0 Å². The minimum Gasteiger partial charge on any atom is -0.335 e. The maximum absolute atomic E-state index is 13.6. The van der Waals surface area contributed by atoms with E-state index in [4.69, 9.17) is 0 Å². The fourth-order valence-electron chi connectivity index (χ4n) is 2.35. The zero-order chi connectivity index (χ0) is 14.2. The number of carbonyl (C=O) groups excluding carboxylic acids is 1. The van der Waals surface area contributed by atoms with Gasteiger partial charge in [-0.3, -0.25) is 4.79 Å². The third-order valence-electron chi connectivity index (χ3n) is 3.11. The number of piperazine rings is 1. The number of nitrogens with zero attached hydrogens (tertiary/aromatic N) is 1. The molecule has 0 bridgehead atoms. The van der Waals surface area contributed by atoms with Crippen molar-refractivity contribution in [3.8, 4) is 0 Å². The number of hydrogen-bond donors (Lipinski definition) is 1. The van der Waals surface area contributed by atoms with E-state index in [9.17, 15) is 18.0 Å². The molecule has 6 heteroatoms. The lowest BCUT2D eigenvalue weighted by atomic mass is 10.1. The molecule has 19 heavy (non-hydrogen) atoms. The van der Waals surface area contributed by atoms with Crippen LogP contribution in [0.4, 0.5) is 13.2 Å². The van der Waals surface area contributed by atoms with Crippen LogP contribution in [0.5, 0.6) is 0 Å². The van der Waals surface area contributed by atoms with Gasteiger partial charge in [-0.05, 0) is 26.0 Å². The minimum absolute atomic E-state index is 0.0704. The van der Waals surface area contributed by atoms with Crippen LogP contribution >= 0.6 is 0 Å². The van der Waals surface area contributed by atoms with Gasteiger partial charge in [-0.25, -0.2) is 13.2 Å². The van der Waals surface area contributed by atoms with Crippen LogP contribution in [0.1, 0.15) is 24.2 Å². The van der Waals surface area contributed by atoms with E-state index in [1.807, 2.05) is 13.8 Å². The number of nitrogens with one attached hydrogen (secondary N) is 1. The molecule has 1 fully saturated rings. The topological polar surface area (TPSA) is 32.3 Å². The molecular weight excluding hydrogens is 257 g/mol. The van der Waals surface area contributed by atoms with Crippen LogP contribution in [0.25, 0.3) is 0 Å². The summed E-state index contributed by atoms with van der Waals surface area (Å²) in [6.07, 6.45) is 0.